The number of nitrogens with zero attached hydrogens (tertiary/aromatic N) is 5. The fraction of sp³-hybridized carbons (Fsp3) is 0.158. The van der Waals surface area contributed by atoms with Crippen LogP contribution in [0.5, 0.6) is 0 Å². The second-order valence-electron chi connectivity index (χ2n) is 6.23. The Bertz CT molecular complexity index is 1150. The summed E-state index contributed by atoms with van der Waals surface area (Å²) >= 11 is 0. The van der Waals surface area contributed by atoms with Gasteiger partial charge in [0, 0.05) is 5.56 Å². The van der Waals surface area contributed by atoms with Gasteiger partial charge in [-0.2, -0.15) is 5.10 Å². The number of halogens is 3. The Morgan fingerprint density at radius 1 is 1.10 bits per heavy atom. The van der Waals surface area contributed by atoms with Gasteiger partial charge in [0.15, 0.2) is 5.65 Å². The van der Waals surface area contributed by atoms with Crippen LogP contribution >= 0.6 is 0 Å². The molecule has 0 unspecified atom stereocenters. The third kappa shape index (κ3) is 3.68. The lowest BCUT2D eigenvalue weighted by molar-refractivity contribution is -0.109. The van der Waals surface area contributed by atoms with Crippen molar-refractivity contribution in [2.45, 2.75) is 19.5 Å². The van der Waals surface area contributed by atoms with Crippen LogP contribution in [0.25, 0.3) is 28.3 Å². The highest BCUT2D eigenvalue weighted by Gasteiger charge is 2.19. The lowest BCUT2D eigenvalue weighted by Crippen LogP contribution is -2.13. The molecule has 3 aromatic heterocycles. The number of benzene rings is 1. The van der Waals surface area contributed by atoms with Gasteiger partial charge in [0.1, 0.15) is 11.5 Å². The third-order valence-electron chi connectivity index (χ3n) is 4.33. The maximum absolute atomic E-state index is 13.3. The van der Waals surface area contributed by atoms with Crippen molar-refractivity contribution in [3.63, 3.8) is 0 Å². The summed E-state index contributed by atoms with van der Waals surface area (Å²) in [5, 5.41) is 7.06. The summed E-state index contributed by atoms with van der Waals surface area (Å²) in [5.41, 5.74) is 2.91. The minimum atomic E-state index is -2.59. The number of nitrogens with one attached hydrogen (secondary N) is 1. The quantitative estimate of drug-likeness (QED) is 0.484. The summed E-state index contributed by atoms with van der Waals surface area (Å²) < 4.78 is 42.4. The zero-order chi connectivity index (χ0) is 20.4. The standard InChI is InChI=1S/C19H15F3N6O/c20-13-3-1-12(2-4-13)18-19(27(10-25-18)9-16(21)22)15-5-6-17-24-8-14(7-23-11-29)28(17)26-15/h1-6,8,10-11,16H,7,9H2,(H,23,29). The van der Waals surface area contributed by atoms with Crippen molar-refractivity contribution in [3.8, 4) is 22.6 Å². The minimum absolute atomic E-state index is 0.211. The number of hydrogen-bond acceptors (Lipinski definition) is 4. The topological polar surface area (TPSA) is 77.1 Å². The normalized spacial score (nSPS) is 11.3. The molecule has 4 aromatic rings. The van der Waals surface area contributed by atoms with Gasteiger partial charge in [0.2, 0.25) is 6.41 Å². The van der Waals surface area contributed by atoms with Gasteiger partial charge in [-0.25, -0.2) is 27.7 Å². The van der Waals surface area contributed by atoms with Gasteiger partial charge in [0.05, 0.1) is 42.7 Å². The first-order valence-corrected chi connectivity index (χ1v) is 8.67. The van der Waals surface area contributed by atoms with Crippen LogP contribution in [0.4, 0.5) is 13.2 Å². The predicted octanol–water partition coefficient (Wildman–Crippen LogP) is 2.91. The van der Waals surface area contributed by atoms with Crippen molar-refractivity contribution in [1.29, 1.82) is 0 Å². The maximum atomic E-state index is 13.3. The molecule has 4 rings (SSSR count). The Balaban J connectivity index is 1.86. The highest BCUT2D eigenvalue weighted by molar-refractivity contribution is 5.77. The van der Waals surface area contributed by atoms with E-state index >= 15 is 0 Å². The van der Waals surface area contributed by atoms with Crippen LogP contribution in [0.1, 0.15) is 5.69 Å². The number of fused-ring (bicyclic) bond motifs is 1. The molecule has 0 saturated carbocycles. The second-order valence-corrected chi connectivity index (χ2v) is 6.23. The molecule has 148 valence electrons. The molecule has 0 aliphatic heterocycles. The third-order valence-corrected chi connectivity index (χ3v) is 4.33. The van der Waals surface area contributed by atoms with E-state index in [1.807, 2.05) is 0 Å². The first-order valence-electron chi connectivity index (χ1n) is 8.67. The molecule has 0 aliphatic carbocycles. The molecule has 0 atom stereocenters. The Morgan fingerprint density at radius 2 is 1.90 bits per heavy atom. The molecule has 7 nitrogen and oxygen atoms in total. The van der Waals surface area contributed by atoms with Crippen molar-refractivity contribution >= 4 is 12.1 Å². The fourth-order valence-corrected chi connectivity index (χ4v) is 3.07. The lowest BCUT2D eigenvalue weighted by atomic mass is 10.1. The molecule has 0 aliphatic rings. The van der Waals surface area contributed by atoms with Crippen LogP contribution in [-0.2, 0) is 17.9 Å². The SMILES string of the molecule is O=CNCc1cnc2ccc(-c3c(-c4ccc(F)cc4)ncn3CC(F)F)nn12. The number of aromatic nitrogens is 5. The number of carbonyl (C=O) groups excluding carboxylic acids is 1. The average Bonchev–Trinajstić information content (AvgIpc) is 3.30. The molecule has 0 saturated heterocycles. The van der Waals surface area contributed by atoms with Gasteiger partial charge in [0.25, 0.3) is 6.43 Å². The van der Waals surface area contributed by atoms with Crippen LogP contribution in [0.2, 0.25) is 0 Å². The van der Waals surface area contributed by atoms with Crippen molar-refractivity contribution in [3.05, 3.63) is 60.4 Å². The Morgan fingerprint density at radius 3 is 2.62 bits per heavy atom. The van der Waals surface area contributed by atoms with Crippen LogP contribution in [0, 0.1) is 5.82 Å². The first-order chi connectivity index (χ1) is 14.1. The summed E-state index contributed by atoms with van der Waals surface area (Å²) in [4.78, 5) is 19.1. The smallest absolute Gasteiger partial charge is 0.256 e. The van der Waals surface area contributed by atoms with Crippen LogP contribution in [0.3, 0.4) is 0 Å². The molecule has 1 amide bonds. The summed E-state index contributed by atoms with van der Waals surface area (Å²) in [6, 6.07) is 8.97. The van der Waals surface area contributed by atoms with Crippen molar-refractivity contribution < 1.29 is 18.0 Å². The van der Waals surface area contributed by atoms with Crippen LogP contribution in [-0.4, -0.2) is 37.0 Å². The lowest BCUT2D eigenvalue weighted by Gasteiger charge is -2.10. The van der Waals surface area contributed by atoms with E-state index in [0.717, 1.165) is 0 Å². The molecule has 0 radical (unpaired) electrons. The fourth-order valence-electron chi connectivity index (χ4n) is 3.07. The Kier molecular flexibility index (Phi) is 4.98. The predicted molar refractivity (Wildman–Crippen MR) is 98.5 cm³/mol. The van der Waals surface area contributed by atoms with E-state index in [9.17, 15) is 18.0 Å². The zero-order valence-electron chi connectivity index (χ0n) is 15.0. The summed E-state index contributed by atoms with van der Waals surface area (Å²) in [6.07, 6.45) is 0.857. The molecule has 3 heterocycles. The highest BCUT2D eigenvalue weighted by atomic mass is 19.3. The number of rotatable bonds is 7. The summed E-state index contributed by atoms with van der Waals surface area (Å²) in [5.74, 6) is -0.410. The van der Waals surface area contributed by atoms with E-state index in [1.54, 1.807) is 18.3 Å². The van der Waals surface area contributed by atoms with Gasteiger partial charge in [-0.15, -0.1) is 0 Å². The number of carbonyl (C=O) groups is 1. The first kappa shape index (κ1) is 18.7. The van der Waals surface area contributed by atoms with Gasteiger partial charge in [-0.3, -0.25) is 4.79 Å². The minimum Gasteiger partial charge on any atom is -0.353 e. The summed E-state index contributed by atoms with van der Waals surface area (Å²) in [6.45, 7) is -0.352. The van der Waals surface area contributed by atoms with Crippen molar-refractivity contribution in [2.24, 2.45) is 0 Å². The van der Waals surface area contributed by atoms with Gasteiger partial charge in [-0.05, 0) is 36.4 Å². The molecule has 29 heavy (non-hydrogen) atoms. The molecule has 0 bridgehead atoms. The van der Waals surface area contributed by atoms with Gasteiger partial charge >= 0.3 is 0 Å². The van der Waals surface area contributed by atoms with E-state index in [4.69, 9.17) is 0 Å². The molecular weight excluding hydrogens is 385 g/mol. The van der Waals surface area contributed by atoms with E-state index < -0.39 is 18.8 Å². The zero-order valence-corrected chi connectivity index (χ0v) is 15.0. The van der Waals surface area contributed by atoms with Gasteiger partial charge < -0.3 is 9.88 Å². The Hall–Kier alpha value is -3.69. The highest BCUT2D eigenvalue weighted by Crippen LogP contribution is 2.31. The monoisotopic (exact) mass is 400 g/mol. The van der Waals surface area contributed by atoms with Crippen molar-refractivity contribution in [1.82, 2.24) is 29.5 Å². The molecule has 1 N–H and O–H groups in total. The summed E-state index contributed by atoms with van der Waals surface area (Å²) in [7, 11) is 0. The molecule has 10 heteroatoms. The van der Waals surface area contributed by atoms with Crippen LogP contribution < -0.4 is 5.32 Å². The number of hydrogen-bond donors (Lipinski definition) is 1. The van der Waals surface area contributed by atoms with E-state index in [1.165, 1.54) is 39.7 Å². The average molecular weight is 400 g/mol. The number of amides is 1. The van der Waals surface area contributed by atoms with Gasteiger partial charge in [-0.1, -0.05) is 0 Å². The second kappa shape index (κ2) is 7.74. The molecule has 0 fully saturated rings. The number of alkyl halides is 2. The Labute approximate surface area is 162 Å². The van der Waals surface area contributed by atoms with Crippen molar-refractivity contribution in [2.75, 3.05) is 0 Å². The van der Waals surface area contributed by atoms with Crippen LogP contribution in [0.15, 0.2) is 48.9 Å². The largest absolute Gasteiger partial charge is 0.353 e. The number of imidazole rings is 2. The maximum Gasteiger partial charge on any atom is 0.256 e. The molecule has 1 aromatic carbocycles. The van der Waals surface area contributed by atoms with E-state index in [2.05, 4.69) is 20.4 Å². The van der Waals surface area contributed by atoms with E-state index in [-0.39, 0.29) is 6.54 Å². The molecule has 0 spiro atoms. The molecular formula is C19H15F3N6O. The van der Waals surface area contributed by atoms with E-state index in [0.29, 0.717) is 40.4 Å².